The molecule has 1 heterocycles. The molecule has 2 aliphatic rings. The van der Waals surface area contributed by atoms with Crippen molar-refractivity contribution >= 4 is 23.5 Å². The predicted molar refractivity (Wildman–Crippen MR) is 119 cm³/mol. The maximum absolute atomic E-state index is 13.9. The lowest BCUT2D eigenvalue weighted by atomic mass is 9.68. The summed E-state index contributed by atoms with van der Waals surface area (Å²) in [4.78, 5) is 26.3. The number of carbonyl (C=O) groups is 2. The topological polar surface area (TPSA) is 55.4 Å². The number of rotatable bonds is 6. The van der Waals surface area contributed by atoms with E-state index in [0.29, 0.717) is 23.6 Å². The van der Waals surface area contributed by atoms with Gasteiger partial charge in [0, 0.05) is 35.1 Å². The van der Waals surface area contributed by atoms with Crippen LogP contribution in [0, 0.1) is 5.41 Å². The van der Waals surface area contributed by atoms with Crippen LogP contribution in [0.15, 0.2) is 46.8 Å². The third kappa shape index (κ3) is 5.05. The first-order valence-corrected chi connectivity index (χ1v) is 11.8. The van der Waals surface area contributed by atoms with E-state index in [1.807, 2.05) is 20.8 Å². The summed E-state index contributed by atoms with van der Waals surface area (Å²) in [6.45, 7) is 7.68. The Labute approximate surface area is 190 Å². The number of carbonyl (C=O) groups excluding carboxylic acids is 2. The summed E-state index contributed by atoms with van der Waals surface area (Å²) in [5.74, 6) is -0.613. The molecular weight excluding hydrogens is 439 g/mol. The lowest BCUT2D eigenvalue weighted by molar-refractivity contribution is -0.140. The summed E-state index contributed by atoms with van der Waals surface area (Å²) in [5, 5.41) is 3.15. The zero-order valence-corrected chi connectivity index (χ0v) is 19.5. The highest BCUT2D eigenvalue weighted by Crippen LogP contribution is 2.49. The molecule has 1 N–H and O–H groups in total. The normalized spacial score (nSPS) is 20.7. The van der Waals surface area contributed by atoms with Gasteiger partial charge in [-0.25, -0.2) is 4.79 Å². The monoisotopic (exact) mass is 467 g/mol. The summed E-state index contributed by atoms with van der Waals surface area (Å²) >= 11 is 1.60. The molecule has 0 unspecified atom stereocenters. The van der Waals surface area contributed by atoms with Gasteiger partial charge in [-0.2, -0.15) is 24.9 Å². The zero-order chi connectivity index (χ0) is 23.7. The van der Waals surface area contributed by atoms with Crippen molar-refractivity contribution in [3.8, 4) is 0 Å². The van der Waals surface area contributed by atoms with Crippen LogP contribution < -0.4 is 5.32 Å². The number of halogens is 3. The van der Waals surface area contributed by atoms with Crippen LogP contribution >= 0.6 is 11.8 Å². The Balaban J connectivity index is 2.14. The molecule has 1 aliphatic carbocycles. The average molecular weight is 468 g/mol. The standard InChI is InChI=1S/C24H28F3NO3S/c1-5-32-11-10-31-22(30)19-14(2)28-17-12-23(3,4)13-18(29)21(17)20(19)15-8-6-7-9-16(15)24(25,26)27/h6-9,20,28H,5,10-13H2,1-4H3/t20-/m1/s1. The van der Waals surface area contributed by atoms with Gasteiger partial charge in [-0.1, -0.05) is 39.0 Å². The van der Waals surface area contributed by atoms with Crippen LogP contribution in [0.3, 0.4) is 0 Å². The number of alkyl halides is 3. The van der Waals surface area contributed by atoms with E-state index in [4.69, 9.17) is 4.74 Å². The molecule has 1 aromatic rings. The van der Waals surface area contributed by atoms with Crippen molar-refractivity contribution in [2.24, 2.45) is 5.41 Å². The predicted octanol–water partition coefficient (Wildman–Crippen LogP) is 5.61. The van der Waals surface area contributed by atoms with E-state index in [2.05, 4.69) is 5.32 Å². The van der Waals surface area contributed by atoms with Gasteiger partial charge < -0.3 is 10.1 Å². The van der Waals surface area contributed by atoms with Gasteiger partial charge in [0.1, 0.15) is 6.61 Å². The molecule has 174 valence electrons. The van der Waals surface area contributed by atoms with Crippen LogP contribution in [0.1, 0.15) is 57.6 Å². The molecule has 0 fully saturated rings. The molecule has 4 nitrogen and oxygen atoms in total. The Morgan fingerprint density at radius 2 is 1.94 bits per heavy atom. The Morgan fingerprint density at radius 1 is 1.25 bits per heavy atom. The van der Waals surface area contributed by atoms with Gasteiger partial charge in [0.15, 0.2) is 5.78 Å². The maximum Gasteiger partial charge on any atom is 0.416 e. The van der Waals surface area contributed by atoms with Crippen molar-refractivity contribution < 1.29 is 27.5 Å². The van der Waals surface area contributed by atoms with Crippen LogP contribution in [0.25, 0.3) is 0 Å². The number of esters is 1. The van der Waals surface area contributed by atoms with Gasteiger partial charge in [0.05, 0.1) is 11.1 Å². The molecule has 1 aromatic carbocycles. The number of thioether (sulfide) groups is 1. The van der Waals surface area contributed by atoms with Crippen LogP contribution in [0.4, 0.5) is 13.2 Å². The molecule has 1 atom stereocenters. The molecule has 0 radical (unpaired) electrons. The molecule has 0 aromatic heterocycles. The van der Waals surface area contributed by atoms with E-state index in [1.165, 1.54) is 18.2 Å². The Kier molecular flexibility index (Phi) is 7.12. The van der Waals surface area contributed by atoms with Crippen molar-refractivity contribution in [3.05, 3.63) is 57.9 Å². The Hall–Kier alpha value is -2.22. The van der Waals surface area contributed by atoms with E-state index in [1.54, 1.807) is 18.7 Å². The van der Waals surface area contributed by atoms with Crippen molar-refractivity contribution in [2.45, 2.75) is 52.6 Å². The van der Waals surface area contributed by atoms with E-state index in [-0.39, 0.29) is 40.9 Å². The molecule has 0 bridgehead atoms. The molecular formula is C24H28F3NO3S. The lowest BCUT2D eigenvalue weighted by Crippen LogP contribution is -2.39. The van der Waals surface area contributed by atoms with Crippen molar-refractivity contribution in [3.63, 3.8) is 0 Å². The van der Waals surface area contributed by atoms with Gasteiger partial charge in [0.25, 0.3) is 0 Å². The fraction of sp³-hybridized carbons (Fsp3) is 0.500. The molecule has 0 spiro atoms. The van der Waals surface area contributed by atoms with Crippen molar-refractivity contribution in [1.82, 2.24) is 5.32 Å². The van der Waals surface area contributed by atoms with E-state index in [9.17, 15) is 22.8 Å². The summed E-state index contributed by atoms with van der Waals surface area (Å²) in [6, 6.07) is 5.15. The quantitative estimate of drug-likeness (QED) is 0.436. The zero-order valence-electron chi connectivity index (χ0n) is 18.7. The molecule has 0 saturated carbocycles. The highest BCUT2D eigenvalue weighted by atomic mass is 32.2. The van der Waals surface area contributed by atoms with Crippen LogP contribution in [-0.2, 0) is 20.5 Å². The number of hydrogen-bond donors (Lipinski definition) is 1. The van der Waals surface area contributed by atoms with E-state index < -0.39 is 23.6 Å². The summed E-state index contributed by atoms with van der Waals surface area (Å²) < 4.78 is 47.1. The van der Waals surface area contributed by atoms with Crippen LogP contribution in [0.5, 0.6) is 0 Å². The van der Waals surface area contributed by atoms with Gasteiger partial charge >= 0.3 is 12.1 Å². The first-order valence-electron chi connectivity index (χ1n) is 10.6. The van der Waals surface area contributed by atoms with Gasteiger partial charge in [0.2, 0.25) is 0 Å². The lowest BCUT2D eigenvalue weighted by Gasteiger charge is -2.40. The fourth-order valence-electron chi connectivity index (χ4n) is 4.44. The summed E-state index contributed by atoms with van der Waals surface area (Å²) in [6.07, 6.45) is -3.92. The maximum atomic E-state index is 13.9. The van der Waals surface area contributed by atoms with Crippen LogP contribution in [0.2, 0.25) is 0 Å². The molecule has 0 saturated heterocycles. The number of ketones is 1. The number of allylic oxidation sites excluding steroid dienone is 3. The minimum Gasteiger partial charge on any atom is -0.461 e. The SMILES string of the molecule is CCSCCOC(=O)C1=C(C)NC2=C(C(=O)CC(C)(C)C2)[C@@H]1c1ccccc1C(F)(F)F. The smallest absolute Gasteiger partial charge is 0.416 e. The number of ether oxygens (including phenoxy) is 1. The second-order valence-corrected chi connectivity index (χ2v) is 10.2. The van der Waals surface area contributed by atoms with Crippen molar-refractivity contribution in [1.29, 1.82) is 0 Å². The third-order valence-electron chi connectivity index (χ3n) is 5.70. The first-order chi connectivity index (χ1) is 15.0. The number of dihydropyridines is 1. The molecule has 3 rings (SSSR count). The Morgan fingerprint density at radius 3 is 2.59 bits per heavy atom. The van der Waals surface area contributed by atoms with E-state index in [0.717, 1.165) is 11.8 Å². The number of nitrogens with one attached hydrogen (secondary N) is 1. The second kappa shape index (κ2) is 9.33. The van der Waals surface area contributed by atoms with Gasteiger partial charge in [-0.05, 0) is 36.1 Å². The summed E-state index contributed by atoms with van der Waals surface area (Å²) in [7, 11) is 0. The highest BCUT2D eigenvalue weighted by molar-refractivity contribution is 7.99. The van der Waals surface area contributed by atoms with E-state index >= 15 is 0 Å². The third-order valence-corrected chi connectivity index (χ3v) is 6.57. The van der Waals surface area contributed by atoms with Gasteiger partial charge in [-0.15, -0.1) is 0 Å². The molecule has 8 heteroatoms. The minimum atomic E-state index is -4.63. The molecule has 0 amide bonds. The number of hydrogen-bond acceptors (Lipinski definition) is 5. The molecule has 32 heavy (non-hydrogen) atoms. The molecule has 1 aliphatic heterocycles. The van der Waals surface area contributed by atoms with Crippen LogP contribution in [-0.4, -0.2) is 29.9 Å². The summed E-state index contributed by atoms with van der Waals surface area (Å²) in [5.41, 5.74) is 0.0316. The fourth-order valence-corrected chi connectivity index (χ4v) is 4.93. The number of Topliss-reactive ketones (excluding diaryl/α,β-unsaturated/α-hetero) is 1. The minimum absolute atomic E-state index is 0.0648. The van der Waals surface area contributed by atoms with Crippen molar-refractivity contribution in [2.75, 3.05) is 18.1 Å². The first kappa shape index (κ1) is 24.4. The average Bonchev–Trinajstić information content (AvgIpc) is 2.68. The second-order valence-electron chi connectivity index (χ2n) is 8.85. The Bertz CT molecular complexity index is 979. The van der Waals surface area contributed by atoms with Gasteiger partial charge in [-0.3, -0.25) is 4.79 Å². The number of benzene rings is 1. The largest absolute Gasteiger partial charge is 0.461 e. The highest BCUT2D eigenvalue weighted by Gasteiger charge is 2.46.